The summed E-state index contributed by atoms with van der Waals surface area (Å²) in [5, 5.41) is 0. The van der Waals surface area contributed by atoms with E-state index in [9.17, 15) is 9.18 Å². The van der Waals surface area contributed by atoms with Crippen LogP contribution in [0.1, 0.15) is 12.5 Å². The Kier molecular flexibility index (Phi) is 5.20. The van der Waals surface area contributed by atoms with E-state index < -0.39 is 11.8 Å². The van der Waals surface area contributed by atoms with Gasteiger partial charge in [-0.3, -0.25) is 0 Å². The van der Waals surface area contributed by atoms with E-state index in [-0.39, 0.29) is 6.61 Å². The summed E-state index contributed by atoms with van der Waals surface area (Å²) in [5.74, 6) is -1.03. The molecule has 17 heavy (non-hydrogen) atoms. The zero-order valence-corrected chi connectivity index (χ0v) is 9.90. The molecule has 0 bridgehead atoms. The lowest BCUT2D eigenvalue weighted by Crippen LogP contribution is -2.04. The highest BCUT2D eigenvalue weighted by molar-refractivity contribution is 5.85. The van der Waals surface area contributed by atoms with Crippen LogP contribution in [0.2, 0.25) is 0 Å². The molecule has 0 spiro atoms. The normalized spacial score (nSPS) is 11.1. The Morgan fingerprint density at radius 2 is 2.00 bits per heavy atom. The molecule has 0 saturated carbocycles. The first-order chi connectivity index (χ1) is 8.17. The van der Waals surface area contributed by atoms with Gasteiger partial charge in [-0.05, 0) is 37.1 Å². The van der Waals surface area contributed by atoms with Crippen LogP contribution in [0.4, 0.5) is 4.39 Å². The maximum absolute atomic E-state index is 13.2. The van der Waals surface area contributed by atoms with E-state index in [1.165, 1.54) is 6.08 Å². The van der Waals surface area contributed by atoms with Crippen LogP contribution in [0.5, 0.6) is 5.75 Å². The van der Waals surface area contributed by atoms with Gasteiger partial charge < -0.3 is 9.47 Å². The molecule has 0 radical (unpaired) electrons. The third-order valence-corrected chi connectivity index (χ3v) is 2.15. The Morgan fingerprint density at radius 1 is 1.35 bits per heavy atom. The first-order valence-electron chi connectivity index (χ1n) is 5.33. The van der Waals surface area contributed by atoms with Crippen LogP contribution in [0.3, 0.4) is 0 Å². The van der Waals surface area contributed by atoms with Crippen molar-refractivity contribution in [3.63, 3.8) is 0 Å². The summed E-state index contributed by atoms with van der Waals surface area (Å²) in [6, 6.07) is 7.19. The Hall–Kier alpha value is -1.84. The highest BCUT2D eigenvalue weighted by atomic mass is 19.1. The third-order valence-electron chi connectivity index (χ3n) is 2.15. The molecule has 0 heterocycles. The van der Waals surface area contributed by atoms with E-state index in [1.54, 1.807) is 26.2 Å². The minimum Gasteiger partial charge on any atom is -0.497 e. The second kappa shape index (κ2) is 6.68. The Morgan fingerprint density at radius 3 is 2.53 bits per heavy atom. The topological polar surface area (TPSA) is 35.5 Å². The molecule has 3 nitrogen and oxygen atoms in total. The number of allylic oxidation sites excluding steroid dienone is 1. The van der Waals surface area contributed by atoms with Crippen molar-refractivity contribution >= 4 is 5.97 Å². The molecule has 1 aromatic rings. The smallest absolute Gasteiger partial charge is 0.366 e. The van der Waals surface area contributed by atoms with Gasteiger partial charge in [-0.15, -0.1) is 0 Å². The summed E-state index contributed by atoms with van der Waals surface area (Å²) in [4.78, 5) is 11.0. The number of hydrogen-bond donors (Lipinski definition) is 0. The van der Waals surface area contributed by atoms with Crippen molar-refractivity contribution in [3.8, 4) is 5.75 Å². The second-order valence-electron chi connectivity index (χ2n) is 3.32. The maximum Gasteiger partial charge on any atom is 0.366 e. The molecule has 4 heteroatoms. The lowest BCUT2D eigenvalue weighted by Gasteiger charge is -2.01. The summed E-state index contributed by atoms with van der Waals surface area (Å²) in [7, 11) is 1.58. The molecule has 0 saturated heterocycles. The summed E-state index contributed by atoms with van der Waals surface area (Å²) in [6.07, 6.45) is 1.55. The van der Waals surface area contributed by atoms with E-state index in [0.29, 0.717) is 6.42 Å². The average molecular weight is 238 g/mol. The number of carbonyl (C=O) groups is 1. The highest BCUT2D eigenvalue weighted by Gasteiger charge is 2.08. The van der Waals surface area contributed by atoms with E-state index >= 15 is 0 Å². The molecule has 0 aliphatic carbocycles. The predicted octanol–water partition coefficient (Wildman–Crippen LogP) is 2.65. The number of ether oxygens (including phenoxy) is 2. The number of rotatable bonds is 5. The number of methoxy groups -OCH3 is 1. The number of carbonyl (C=O) groups excluding carboxylic acids is 1. The average Bonchev–Trinajstić information content (AvgIpc) is 2.36. The molecular weight excluding hydrogens is 223 g/mol. The molecule has 1 aromatic carbocycles. The van der Waals surface area contributed by atoms with Crippen LogP contribution in [-0.4, -0.2) is 19.7 Å². The zero-order valence-electron chi connectivity index (χ0n) is 9.90. The fraction of sp³-hybridized carbons (Fsp3) is 0.308. The third kappa shape index (κ3) is 4.26. The van der Waals surface area contributed by atoms with Crippen molar-refractivity contribution in [1.29, 1.82) is 0 Å². The molecule has 0 unspecified atom stereocenters. The van der Waals surface area contributed by atoms with Crippen molar-refractivity contribution in [2.45, 2.75) is 13.3 Å². The van der Waals surface area contributed by atoms with Crippen LogP contribution in [0, 0.1) is 0 Å². The quantitative estimate of drug-likeness (QED) is 0.584. The van der Waals surface area contributed by atoms with Gasteiger partial charge in [0.05, 0.1) is 13.7 Å². The van der Waals surface area contributed by atoms with Crippen LogP contribution >= 0.6 is 0 Å². The predicted molar refractivity (Wildman–Crippen MR) is 62.5 cm³/mol. The van der Waals surface area contributed by atoms with Crippen LogP contribution < -0.4 is 4.74 Å². The lowest BCUT2D eigenvalue weighted by atomic mass is 10.1. The molecule has 0 atom stereocenters. The summed E-state index contributed by atoms with van der Waals surface area (Å²) in [5.41, 5.74) is 0.894. The van der Waals surface area contributed by atoms with Gasteiger partial charge in [-0.2, -0.15) is 4.39 Å². The minimum atomic E-state index is -0.916. The first kappa shape index (κ1) is 13.2. The molecule has 0 amide bonds. The van der Waals surface area contributed by atoms with Gasteiger partial charge in [0.15, 0.2) is 0 Å². The molecule has 92 valence electrons. The van der Waals surface area contributed by atoms with E-state index in [1.807, 2.05) is 12.1 Å². The van der Waals surface area contributed by atoms with Gasteiger partial charge in [-0.25, -0.2) is 4.79 Å². The van der Waals surface area contributed by atoms with Crippen molar-refractivity contribution < 1.29 is 18.7 Å². The SMILES string of the molecule is CCOC(=O)/C(F)=C\Cc1ccc(OC)cc1. The highest BCUT2D eigenvalue weighted by Crippen LogP contribution is 2.13. The Labute approximate surface area is 99.9 Å². The van der Waals surface area contributed by atoms with Gasteiger partial charge >= 0.3 is 5.97 Å². The minimum absolute atomic E-state index is 0.169. The fourth-order valence-electron chi connectivity index (χ4n) is 1.25. The molecule has 1 rings (SSSR count). The molecular formula is C13H15FO3. The fourth-order valence-corrected chi connectivity index (χ4v) is 1.25. The van der Waals surface area contributed by atoms with Crippen LogP contribution in [0.25, 0.3) is 0 Å². The molecule has 0 aromatic heterocycles. The molecule has 0 aliphatic rings. The largest absolute Gasteiger partial charge is 0.497 e. The molecule has 0 fully saturated rings. The first-order valence-corrected chi connectivity index (χ1v) is 5.33. The monoisotopic (exact) mass is 238 g/mol. The molecule has 0 aliphatic heterocycles. The number of benzene rings is 1. The van der Waals surface area contributed by atoms with Crippen molar-refractivity contribution in [2.75, 3.05) is 13.7 Å². The summed E-state index contributed by atoms with van der Waals surface area (Å²) in [6.45, 7) is 1.80. The maximum atomic E-state index is 13.2. The lowest BCUT2D eigenvalue weighted by molar-refractivity contribution is -0.140. The number of hydrogen-bond acceptors (Lipinski definition) is 3. The van der Waals surface area contributed by atoms with Crippen LogP contribution in [0.15, 0.2) is 36.2 Å². The van der Waals surface area contributed by atoms with E-state index in [2.05, 4.69) is 4.74 Å². The standard InChI is InChI=1S/C13H15FO3/c1-3-17-13(15)12(14)9-6-10-4-7-11(16-2)8-5-10/h4-5,7-9H,3,6H2,1-2H3/b12-9+. The number of esters is 1. The van der Waals surface area contributed by atoms with Crippen molar-refractivity contribution in [3.05, 3.63) is 41.7 Å². The van der Waals surface area contributed by atoms with Gasteiger partial charge in [-0.1, -0.05) is 12.1 Å². The van der Waals surface area contributed by atoms with Crippen LogP contribution in [-0.2, 0) is 16.0 Å². The van der Waals surface area contributed by atoms with Gasteiger partial charge in [0.2, 0.25) is 5.83 Å². The summed E-state index contributed by atoms with van der Waals surface area (Å²) >= 11 is 0. The van der Waals surface area contributed by atoms with Gasteiger partial charge in [0.25, 0.3) is 0 Å². The van der Waals surface area contributed by atoms with Gasteiger partial charge in [0, 0.05) is 0 Å². The van der Waals surface area contributed by atoms with E-state index in [0.717, 1.165) is 11.3 Å². The van der Waals surface area contributed by atoms with E-state index in [4.69, 9.17) is 4.74 Å². The van der Waals surface area contributed by atoms with Crippen molar-refractivity contribution in [1.82, 2.24) is 0 Å². The Balaban J connectivity index is 2.59. The summed E-state index contributed by atoms with van der Waals surface area (Å²) < 4.78 is 22.7. The second-order valence-corrected chi connectivity index (χ2v) is 3.32. The molecule has 0 N–H and O–H groups in total. The Bertz CT molecular complexity index is 396. The van der Waals surface area contributed by atoms with Crippen molar-refractivity contribution in [2.24, 2.45) is 0 Å². The number of halogens is 1. The van der Waals surface area contributed by atoms with Gasteiger partial charge in [0.1, 0.15) is 5.75 Å². The zero-order chi connectivity index (χ0) is 12.7.